The molecule has 0 saturated carbocycles. The zero-order valence-corrected chi connectivity index (χ0v) is 17.1. The van der Waals surface area contributed by atoms with Crippen molar-refractivity contribution in [1.29, 1.82) is 0 Å². The number of carbonyl (C=O) groups is 4. The van der Waals surface area contributed by atoms with Gasteiger partial charge >= 0.3 is 5.97 Å². The van der Waals surface area contributed by atoms with E-state index in [1.807, 2.05) is 5.32 Å². The number of amides is 3. The molecule has 0 saturated heterocycles. The van der Waals surface area contributed by atoms with E-state index in [4.69, 9.17) is 11.5 Å². The minimum Gasteiger partial charge on any atom is -0.480 e. The van der Waals surface area contributed by atoms with Crippen molar-refractivity contribution in [2.45, 2.75) is 63.1 Å². The van der Waals surface area contributed by atoms with Gasteiger partial charge in [0.25, 0.3) is 0 Å². The van der Waals surface area contributed by atoms with Gasteiger partial charge in [-0.2, -0.15) is 0 Å². The number of rotatable bonds is 13. The number of carboxylic acids is 1. The monoisotopic (exact) mass is 442 g/mol. The first-order valence-electron chi connectivity index (χ1n) is 9.76. The molecule has 0 aliphatic rings. The van der Waals surface area contributed by atoms with Gasteiger partial charge in [-0.05, 0) is 24.8 Å². The molecule has 0 radical (unpaired) electrons. The van der Waals surface area contributed by atoms with Crippen LogP contribution < -0.4 is 22.1 Å². The lowest BCUT2D eigenvalue weighted by Crippen LogP contribution is -2.59. The van der Waals surface area contributed by atoms with Crippen molar-refractivity contribution >= 4 is 23.7 Å². The van der Waals surface area contributed by atoms with Gasteiger partial charge in [0.15, 0.2) is 6.17 Å². The number of carbonyl (C=O) groups excluding carboxylic acids is 3. The van der Waals surface area contributed by atoms with Crippen molar-refractivity contribution < 1.29 is 33.1 Å². The van der Waals surface area contributed by atoms with Crippen LogP contribution in [0.5, 0.6) is 0 Å². The molecule has 7 N–H and O–H groups in total. The molecule has 0 spiro atoms. The summed E-state index contributed by atoms with van der Waals surface area (Å²) in [6.07, 6.45) is -5.43. The fourth-order valence-electron chi connectivity index (χ4n) is 2.75. The third-order valence-electron chi connectivity index (χ3n) is 4.56. The van der Waals surface area contributed by atoms with Crippen LogP contribution in [0.2, 0.25) is 0 Å². The van der Waals surface area contributed by atoms with Crippen LogP contribution in [0, 0.1) is 0 Å². The van der Waals surface area contributed by atoms with Crippen LogP contribution in [-0.4, -0.2) is 59.3 Å². The highest BCUT2D eigenvalue weighted by Gasteiger charge is 2.37. The van der Waals surface area contributed by atoms with Crippen LogP contribution in [0.15, 0.2) is 30.3 Å². The molecule has 0 aromatic heterocycles. The van der Waals surface area contributed by atoms with Gasteiger partial charge in [0.1, 0.15) is 18.3 Å². The van der Waals surface area contributed by atoms with E-state index in [0.717, 1.165) is 5.56 Å². The fourth-order valence-corrected chi connectivity index (χ4v) is 2.75. The largest absolute Gasteiger partial charge is 0.480 e. The molecule has 1 aromatic rings. The molecule has 31 heavy (non-hydrogen) atoms. The van der Waals surface area contributed by atoms with Gasteiger partial charge in [-0.3, -0.25) is 14.4 Å². The molecule has 3 amide bonds. The number of nitrogens with two attached hydrogens (primary N) is 2. The Morgan fingerprint density at radius 3 is 2.19 bits per heavy atom. The molecular formula is C20H28F2N4O5. The molecule has 0 fully saturated rings. The van der Waals surface area contributed by atoms with Gasteiger partial charge in [0.05, 0.1) is 6.04 Å². The average Bonchev–Trinajstić information content (AvgIpc) is 2.73. The predicted molar refractivity (Wildman–Crippen MR) is 108 cm³/mol. The Hall–Kier alpha value is -3.08. The highest BCUT2D eigenvalue weighted by Crippen LogP contribution is 2.14. The number of benzene rings is 1. The lowest BCUT2D eigenvalue weighted by atomic mass is 10.0. The van der Waals surface area contributed by atoms with Crippen LogP contribution in [0.1, 0.15) is 31.7 Å². The number of primary amides is 1. The van der Waals surface area contributed by atoms with Crippen LogP contribution >= 0.6 is 0 Å². The van der Waals surface area contributed by atoms with Crippen molar-refractivity contribution in [1.82, 2.24) is 10.6 Å². The van der Waals surface area contributed by atoms with E-state index in [-0.39, 0.29) is 25.7 Å². The number of hydrogen-bond donors (Lipinski definition) is 5. The first-order chi connectivity index (χ1) is 14.6. The molecule has 1 aromatic carbocycles. The maximum atomic E-state index is 14.6. The summed E-state index contributed by atoms with van der Waals surface area (Å²) in [5.74, 6) is -4.45. The van der Waals surface area contributed by atoms with Gasteiger partial charge in [-0.15, -0.1) is 0 Å². The number of alkyl halides is 2. The summed E-state index contributed by atoms with van der Waals surface area (Å²) in [7, 11) is 0. The Morgan fingerprint density at radius 2 is 1.68 bits per heavy atom. The van der Waals surface area contributed by atoms with E-state index in [1.165, 1.54) is 6.92 Å². The number of carboxylic acid groups (broad SMARTS) is 1. The molecule has 11 heteroatoms. The number of halogens is 2. The summed E-state index contributed by atoms with van der Waals surface area (Å²) >= 11 is 0. The smallest absolute Gasteiger partial charge is 0.326 e. The van der Waals surface area contributed by atoms with Gasteiger partial charge in [0.2, 0.25) is 17.7 Å². The zero-order chi connectivity index (χ0) is 23.6. The summed E-state index contributed by atoms with van der Waals surface area (Å²) in [5, 5.41) is 13.3. The lowest BCUT2D eigenvalue weighted by molar-refractivity contribution is -0.143. The van der Waals surface area contributed by atoms with E-state index in [1.54, 1.807) is 30.3 Å². The molecule has 0 bridgehead atoms. The van der Waals surface area contributed by atoms with Crippen molar-refractivity contribution in [3.8, 4) is 0 Å². The summed E-state index contributed by atoms with van der Waals surface area (Å²) in [5.41, 5.74) is 11.5. The second-order valence-corrected chi connectivity index (χ2v) is 7.06. The summed E-state index contributed by atoms with van der Waals surface area (Å²) in [6, 6.07) is 3.94. The highest BCUT2D eigenvalue weighted by atomic mass is 19.2. The fraction of sp³-hybridized carbons (Fsp3) is 0.500. The topological polar surface area (TPSA) is 165 Å². The highest BCUT2D eigenvalue weighted by molar-refractivity contribution is 5.92. The minimum atomic E-state index is -2.44. The summed E-state index contributed by atoms with van der Waals surface area (Å²) in [4.78, 5) is 47.2. The maximum absolute atomic E-state index is 14.6. The van der Waals surface area contributed by atoms with Crippen molar-refractivity contribution in [2.24, 2.45) is 11.5 Å². The SMILES string of the molecule is CCC(F)C(F)[C@H](NC(=O)[C@@H](N)Cc1ccccc1)C(=O)N[C@@H](CCC(N)=O)C(=O)O. The third kappa shape index (κ3) is 8.67. The quantitative estimate of drug-likeness (QED) is 0.288. The molecule has 172 valence electrons. The van der Waals surface area contributed by atoms with Crippen molar-refractivity contribution in [3.63, 3.8) is 0 Å². The van der Waals surface area contributed by atoms with E-state index in [2.05, 4.69) is 5.32 Å². The molecule has 0 heterocycles. The Labute approximate surface area is 178 Å². The third-order valence-corrected chi connectivity index (χ3v) is 4.56. The van der Waals surface area contributed by atoms with Crippen LogP contribution in [0.4, 0.5) is 8.78 Å². The van der Waals surface area contributed by atoms with E-state index < -0.39 is 54.2 Å². The molecule has 9 nitrogen and oxygen atoms in total. The number of hydrogen-bond acceptors (Lipinski definition) is 5. The van der Waals surface area contributed by atoms with Crippen molar-refractivity contribution in [3.05, 3.63) is 35.9 Å². The van der Waals surface area contributed by atoms with E-state index >= 15 is 0 Å². The lowest BCUT2D eigenvalue weighted by Gasteiger charge is -2.26. The molecule has 2 unspecified atom stereocenters. The zero-order valence-electron chi connectivity index (χ0n) is 17.1. The Kier molecular flexibility index (Phi) is 10.5. The van der Waals surface area contributed by atoms with Crippen LogP contribution in [-0.2, 0) is 25.6 Å². The first-order valence-corrected chi connectivity index (χ1v) is 9.76. The average molecular weight is 442 g/mol. The van der Waals surface area contributed by atoms with Gasteiger partial charge < -0.3 is 27.2 Å². The van der Waals surface area contributed by atoms with E-state index in [0.29, 0.717) is 0 Å². The van der Waals surface area contributed by atoms with Crippen molar-refractivity contribution in [2.75, 3.05) is 0 Å². The summed E-state index contributed by atoms with van der Waals surface area (Å²) in [6.45, 7) is 1.35. The van der Waals surface area contributed by atoms with Crippen LogP contribution in [0.25, 0.3) is 0 Å². The maximum Gasteiger partial charge on any atom is 0.326 e. The number of nitrogens with one attached hydrogen (secondary N) is 2. The Morgan fingerprint density at radius 1 is 1.06 bits per heavy atom. The minimum absolute atomic E-state index is 0.0845. The number of aliphatic carboxylic acids is 1. The Bertz CT molecular complexity index is 765. The normalized spacial score (nSPS) is 15.7. The van der Waals surface area contributed by atoms with Gasteiger partial charge in [-0.1, -0.05) is 37.3 Å². The van der Waals surface area contributed by atoms with Gasteiger partial charge in [-0.25, -0.2) is 13.6 Å². The first kappa shape index (κ1) is 26.0. The molecule has 0 aliphatic carbocycles. The molecular weight excluding hydrogens is 414 g/mol. The van der Waals surface area contributed by atoms with Gasteiger partial charge in [0, 0.05) is 6.42 Å². The standard InChI is InChI=1S/C20H28F2N4O5/c1-2-12(21)16(22)17(19(29)25-14(20(30)31)8-9-15(24)27)26-18(28)13(23)10-11-6-4-3-5-7-11/h3-7,12-14,16-17H,2,8-10,23H2,1H3,(H2,24,27)(H,25,29)(H,26,28)(H,30,31)/t12?,13-,14-,16?,17-/m0/s1. The molecule has 0 aliphatic heterocycles. The predicted octanol–water partition coefficient (Wildman–Crippen LogP) is -0.0377. The van der Waals surface area contributed by atoms with E-state index in [9.17, 15) is 33.1 Å². The second kappa shape index (κ2) is 12.6. The second-order valence-electron chi connectivity index (χ2n) is 7.06. The van der Waals surface area contributed by atoms with Crippen LogP contribution in [0.3, 0.4) is 0 Å². The Balaban J connectivity index is 2.94. The molecule has 5 atom stereocenters. The summed E-state index contributed by atoms with van der Waals surface area (Å²) < 4.78 is 28.6. The molecule has 1 rings (SSSR count).